The van der Waals surface area contributed by atoms with Crippen LogP contribution in [0.15, 0.2) is 18.2 Å². The van der Waals surface area contributed by atoms with E-state index in [1.54, 1.807) is 0 Å². The van der Waals surface area contributed by atoms with Crippen molar-refractivity contribution in [2.45, 2.75) is 19.8 Å². The Hall–Kier alpha value is -2.88. The highest BCUT2D eigenvalue weighted by atomic mass is 32.1. The van der Waals surface area contributed by atoms with Crippen LogP contribution in [0.1, 0.15) is 28.8 Å². The summed E-state index contributed by atoms with van der Waals surface area (Å²) in [5.41, 5.74) is 0.523. The van der Waals surface area contributed by atoms with E-state index < -0.39 is 10.8 Å². The number of carbonyl (C=O) groups excluding carboxylic acids is 1. The van der Waals surface area contributed by atoms with E-state index in [0.717, 1.165) is 17.8 Å². The fourth-order valence-electron chi connectivity index (χ4n) is 2.06. The molecule has 0 unspecified atom stereocenters. The number of aryl methyl sites for hydroxylation is 1. The van der Waals surface area contributed by atoms with Crippen molar-refractivity contribution in [3.63, 3.8) is 0 Å². The van der Waals surface area contributed by atoms with Crippen LogP contribution in [-0.4, -0.2) is 31.2 Å². The highest BCUT2D eigenvalue weighted by Gasteiger charge is 2.18. The smallest absolute Gasteiger partial charge is 0.278 e. The normalized spacial score (nSPS) is 10.8. The van der Waals surface area contributed by atoms with Gasteiger partial charge < -0.3 is 0 Å². The second-order valence-corrected chi connectivity index (χ2v) is 5.83. The van der Waals surface area contributed by atoms with Crippen LogP contribution in [-0.2, 0) is 6.42 Å². The number of anilines is 1. The van der Waals surface area contributed by atoms with Gasteiger partial charge in [0.2, 0.25) is 5.13 Å². The Labute approximate surface area is 133 Å². The molecule has 0 fully saturated rings. The summed E-state index contributed by atoms with van der Waals surface area (Å²) in [7, 11) is 0. The van der Waals surface area contributed by atoms with Crippen molar-refractivity contribution in [3.8, 4) is 0 Å². The largest absolute Gasteiger partial charge is 0.295 e. The van der Waals surface area contributed by atoms with Crippen LogP contribution < -0.4 is 5.32 Å². The molecule has 2 N–H and O–H groups in total. The lowest BCUT2D eigenvalue weighted by atomic mass is 10.2. The predicted octanol–water partition coefficient (Wildman–Crippen LogP) is 2.53. The van der Waals surface area contributed by atoms with Gasteiger partial charge in [-0.15, -0.1) is 10.2 Å². The fraction of sp³-hybridized carbons (Fsp3) is 0.231. The van der Waals surface area contributed by atoms with Crippen LogP contribution in [0.3, 0.4) is 0 Å². The Balaban J connectivity index is 1.87. The quantitative estimate of drug-likeness (QED) is 0.546. The van der Waals surface area contributed by atoms with Gasteiger partial charge in [0.25, 0.3) is 11.6 Å². The molecule has 2 heterocycles. The molecule has 118 valence electrons. The number of hydrogen-bond donors (Lipinski definition) is 2. The van der Waals surface area contributed by atoms with E-state index in [9.17, 15) is 14.9 Å². The lowest BCUT2D eigenvalue weighted by molar-refractivity contribution is -0.384. The van der Waals surface area contributed by atoms with E-state index in [0.29, 0.717) is 16.0 Å². The first-order chi connectivity index (χ1) is 11.1. The molecule has 9 nitrogen and oxygen atoms in total. The van der Waals surface area contributed by atoms with E-state index in [2.05, 4.69) is 25.7 Å². The average Bonchev–Trinajstić information content (AvgIpc) is 3.13. The van der Waals surface area contributed by atoms with Gasteiger partial charge in [-0.2, -0.15) is 5.10 Å². The molecule has 0 spiro atoms. The van der Waals surface area contributed by atoms with Crippen molar-refractivity contribution in [1.29, 1.82) is 0 Å². The summed E-state index contributed by atoms with van der Waals surface area (Å²) in [6.45, 7) is 2.03. The molecule has 1 aromatic carbocycles. The van der Waals surface area contributed by atoms with Crippen molar-refractivity contribution >= 4 is 39.0 Å². The molecule has 0 aliphatic carbocycles. The van der Waals surface area contributed by atoms with Gasteiger partial charge in [0.15, 0.2) is 5.69 Å². The maximum Gasteiger partial charge on any atom is 0.278 e. The van der Waals surface area contributed by atoms with Crippen molar-refractivity contribution < 1.29 is 9.72 Å². The molecule has 0 bridgehead atoms. The number of nitro groups is 1. The van der Waals surface area contributed by atoms with Crippen LogP contribution in [0.25, 0.3) is 10.9 Å². The minimum absolute atomic E-state index is 0.0796. The van der Waals surface area contributed by atoms with E-state index in [4.69, 9.17) is 0 Å². The fourth-order valence-corrected chi connectivity index (χ4v) is 2.90. The second kappa shape index (κ2) is 6.08. The molecule has 0 saturated carbocycles. The van der Waals surface area contributed by atoms with Crippen LogP contribution in [0, 0.1) is 10.1 Å². The van der Waals surface area contributed by atoms with Gasteiger partial charge in [-0.05, 0) is 12.5 Å². The standard InChI is InChI=1S/C13H12N6O3S/c1-2-3-10-16-18-13(23-10)14-12(20)11-8-6-7(19(21)22)4-5-9(8)15-17-11/h4-6H,2-3H2,1H3,(H,15,17)(H,14,18,20). The Morgan fingerprint density at radius 1 is 1.43 bits per heavy atom. The number of benzene rings is 1. The molecular formula is C13H12N6O3S. The first-order valence-electron chi connectivity index (χ1n) is 6.84. The zero-order chi connectivity index (χ0) is 16.4. The maximum atomic E-state index is 12.3. The number of carbonyl (C=O) groups is 1. The molecule has 10 heteroatoms. The third kappa shape index (κ3) is 3.01. The zero-order valence-corrected chi connectivity index (χ0v) is 12.9. The summed E-state index contributed by atoms with van der Waals surface area (Å²) < 4.78 is 0. The number of fused-ring (bicyclic) bond motifs is 1. The Bertz CT molecular complexity index is 887. The van der Waals surface area contributed by atoms with Crippen LogP contribution >= 0.6 is 11.3 Å². The van der Waals surface area contributed by atoms with Gasteiger partial charge in [0.05, 0.1) is 10.4 Å². The molecule has 0 aliphatic heterocycles. The first-order valence-corrected chi connectivity index (χ1v) is 7.66. The monoisotopic (exact) mass is 332 g/mol. The molecule has 0 aliphatic rings. The Morgan fingerprint density at radius 2 is 2.26 bits per heavy atom. The van der Waals surface area contributed by atoms with Crippen LogP contribution in [0.2, 0.25) is 0 Å². The second-order valence-electron chi connectivity index (χ2n) is 4.76. The number of amides is 1. The summed E-state index contributed by atoms with van der Waals surface area (Å²) >= 11 is 1.30. The number of H-pyrrole nitrogens is 1. The lowest BCUT2D eigenvalue weighted by Crippen LogP contribution is -2.12. The summed E-state index contributed by atoms with van der Waals surface area (Å²) in [4.78, 5) is 22.7. The van der Waals surface area contributed by atoms with Gasteiger partial charge in [-0.25, -0.2) is 0 Å². The van der Waals surface area contributed by atoms with E-state index >= 15 is 0 Å². The van der Waals surface area contributed by atoms with E-state index in [1.807, 2.05) is 6.92 Å². The van der Waals surface area contributed by atoms with Gasteiger partial charge in [0.1, 0.15) is 5.01 Å². The summed E-state index contributed by atoms with van der Waals surface area (Å²) in [5, 5.41) is 29.6. The number of rotatable bonds is 5. The zero-order valence-electron chi connectivity index (χ0n) is 12.1. The molecule has 3 aromatic rings. The van der Waals surface area contributed by atoms with E-state index in [-0.39, 0.29) is 11.4 Å². The molecule has 2 aromatic heterocycles. The molecule has 0 radical (unpaired) electrons. The molecule has 0 atom stereocenters. The Kier molecular flexibility index (Phi) is 3.98. The molecule has 3 rings (SSSR count). The topological polar surface area (TPSA) is 127 Å². The van der Waals surface area contributed by atoms with Crippen molar-refractivity contribution in [2.75, 3.05) is 5.32 Å². The van der Waals surface area contributed by atoms with Gasteiger partial charge in [-0.1, -0.05) is 18.3 Å². The van der Waals surface area contributed by atoms with Crippen LogP contribution in [0.4, 0.5) is 10.8 Å². The minimum atomic E-state index is -0.518. The van der Waals surface area contributed by atoms with Gasteiger partial charge >= 0.3 is 0 Å². The summed E-state index contributed by atoms with van der Waals surface area (Å²) in [5.74, 6) is -0.490. The number of hydrogen-bond acceptors (Lipinski definition) is 7. The molecule has 1 amide bonds. The molecule has 23 heavy (non-hydrogen) atoms. The minimum Gasteiger partial charge on any atom is -0.295 e. The number of non-ortho nitro benzene ring substituents is 1. The van der Waals surface area contributed by atoms with Gasteiger partial charge in [-0.3, -0.25) is 25.3 Å². The number of nitrogens with one attached hydrogen (secondary N) is 2. The average molecular weight is 332 g/mol. The number of aromatic amines is 1. The van der Waals surface area contributed by atoms with Crippen molar-refractivity contribution in [3.05, 3.63) is 39.0 Å². The Morgan fingerprint density at radius 3 is 3.00 bits per heavy atom. The predicted molar refractivity (Wildman–Crippen MR) is 84.6 cm³/mol. The number of nitrogens with zero attached hydrogens (tertiary/aromatic N) is 4. The lowest BCUT2D eigenvalue weighted by Gasteiger charge is -1.98. The van der Waals surface area contributed by atoms with Crippen molar-refractivity contribution in [2.24, 2.45) is 0 Å². The van der Waals surface area contributed by atoms with Gasteiger partial charge in [0, 0.05) is 23.9 Å². The highest BCUT2D eigenvalue weighted by Crippen LogP contribution is 2.23. The molecule has 0 saturated heterocycles. The SMILES string of the molecule is CCCc1nnc(NC(=O)c2n[nH]c3ccc([N+](=O)[O-])cc23)s1. The summed E-state index contributed by atoms with van der Waals surface area (Å²) in [6, 6.07) is 4.18. The van der Waals surface area contributed by atoms with Crippen molar-refractivity contribution in [1.82, 2.24) is 20.4 Å². The first kappa shape index (κ1) is 15.0. The highest BCUT2D eigenvalue weighted by molar-refractivity contribution is 7.15. The van der Waals surface area contributed by atoms with Crippen LogP contribution in [0.5, 0.6) is 0 Å². The number of nitro benzene ring substituents is 1. The molecular weight excluding hydrogens is 320 g/mol. The number of aromatic nitrogens is 4. The third-order valence-electron chi connectivity index (χ3n) is 3.12. The van der Waals surface area contributed by atoms with E-state index in [1.165, 1.54) is 29.5 Å². The summed E-state index contributed by atoms with van der Waals surface area (Å²) in [6.07, 6.45) is 1.74. The third-order valence-corrected chi connectivity index (χ3v) is 4.02. The maximum absolute atomic E-state index is 12.3.